The molecular weight excluding hydrogens is 262 g/mol. The van der Waals surface area contributed by atoms with Crippen molar-refractivity contribution in [2.24, 2.45) is 0 Å². The summed E-state index contributed by atoms with van der Waals surface area (Å²) in [4.78, 5) is 6.19. The van der Waals surface area contributed by atoms with Crippen LogP contribution in [0.2, 0.25) is 0 Å². The maximum Gasteiger partial charge on any atom is 0.319 e. The number of halogens is 3. The lowest BCUT2D eigenvalue weighted by Gasteiger charge is -2.37. The molecular formula is C11H19ClF2N4. The highest BCUT2D eigenvalue weighted by Gasteiger charge is 2.24. The van der Waals surface area contributed by atoms with E-state index < -0.39 is 6.55 Å². The Labute approximate surface area is 112 Å². The van der Waals surface area contributed by atoms with Gasteiger partial charge in [0.05, 0.1) is 6.54 Å². The second-order valence-electron chi connectivity index (χ2n) is 4.62. The minimum Gasteiger partial charge on any atom is -0.311 e. The van der Waals surface area contributed by atoms with E-state index in [1.165, 1.54) is 12.4 Å². The Kier molecular flexibility index (Phi) is 5.49. The van der Waals surface area contributed by atoms with Gasteiger partial charge in [0.25, 0.3) is 0 Å². The molecule has 0 spiro atoms. The zero-order chi connectivity index (χ0) is 12.4. The smallest absolute Gasteiger partial charge is 0.311 e. The number of alkyl halides is 2. The molecule has 4 nitrogen and oxygen atoms in total. The highest BCUT2D eigenvalue weighted by Crippen LogP contribution is 2.16. The summed E-state index contributed by atoms with van der Waals surface area (Å²) in [6.07, 6.45) is 2.76. The molecule has 1 aromatic rings. The van der Waals surface area contributed by atoms with E-state index in [4.69, 9.17) is 0 Å². The first-order valence-electron chi connectivity index (χ1n) is 5.85. The Morgan fingerprint density at radius 1 is 1.50 bits per heavy atom. The SMILES string of the molecule is CC1CN(Cc2nccn2C(F)F)C(C)CN1.Cl. The van der Waals surface area contributed by atoms with E-state index in [1.54, 1.807) is 0 Å². The van der Waals surface area contributed by atoms with Gasteiger partial charge in [-0.3, -0.25) is 9.47 Å². The molecule has 2 rings (SSSR count). The van der Waals surface area contributed by atoms with Gasteiger partial charge < -0.3 is 5.32 Å². The van der Waals surface area contributed by atoms with Crippen LogP contribution in [0.15, 0.2) is 12.4 Å². The number of imidazole rings is 1. The standard InChI is InChI=1S/C11H18F2N4.ClH/c1-8-6-16(9(2)5-15-8)7-10-14-3-4-17(10)11(12)13;/h3-4,8-9,11,15H,5-7H2,1-2H3;1H. The van der Waals surface area contributed by atoms with Crippen LogP contribution in [0.1, 0.15) is 26.2 Å². The fraction of sp³-hybridized carbons (Fsp3) is 0.727. The van der Waals surface area contributed by atoms with Crippen molar-refractivity contribution in [3.05, 3.63) is 18.2 Å². The van der Waals surface area contributed by atoms with Crippen molar-refractivity contribution in [3.8, 4) is 0 Å². The van der Waals surface area contributed by atoms with Gasteiger partial charge in [-0.25, -0.2) is 4.98 Å². The number of hydrogen-bond acceptors (Lipinski definition) is 3. The molecule has 1 aliphatic rings. The van der Waals surface area contributed by atoms with Crippen LogP contribution < -0.4 is 5.32 Å². The number of aromatic nitrogens is 2. The molecule has 0 aliphatic carbocycles. The van der Waals surface area contributed by atoms with Crippen molar-refractivity contribution in [1.29, 1.82) is 0 Å². The monoisotopic (exact) mass is 280 g/mol. The molecule has 0 saturated carbocycles. The summed E-state index contributed by atoms with van der Waals surface area (Å²) >= 11 is 0. The Morgan fingerprint density at radius 3 is 2.89 bits per heavy atom. The number of piperazine rings is 1. The number of hydrogen-bond donors (Lipinski definition) is 1. The lowest BCUT2D eigenvalue weighted by Crippen LogP contribution is -2.53. The van der Waals surface area contributed by atoms with Crippen LogP contribution in [-0.2, 0) is 6.54 Å². The quantitative estimate of drug-likeness (QED) is 0.918. The normalized spacial score (nSPS) is 25.2. The van der Waals surface area contributed by atoms with Gasteiger partial charge in [-0.15, -0.1) is 12.4 Å². The molecule has 0 amide bonds. The van der Waals surface area contributed by atoms with Crippen LogP contribution in [-0.4, -0.2) is 39.6 Å². The van der Waals surface area contributed by atoms with E-state index in [1.807, 2.05) is 0 Å². The fourth-order valence-corrected chi connectivity index (χ4v) is 2.14. The van der Waals surface area contributed by atoms with E-state index >= 15 is 0 Å². The summed E-state index contributed by atoms with van der Waals surface area (Å²) in [6.45, 7) is 3.90. The third-order valence-corrected chi connectivity index (χ3v) is 3.20. The van der Waals surface area contributed by atoms with Gasteiger partial charge in [-0.1, -0.05) is 0 Å². The Bertz CT molecular complexity index is 372. The second kappa shape index (κ2) is 6.45. The minimum atomic E-state index is -2.51. The highest BCUT2D eigenvalue weighted by atomic mass is 35.5. The Morgan fingerprint density at radius 2 is 2.22 bits per heavy atom. The molecule has 2 atom stereocenters. The molecule has 1 N–H and O–H groups in total. The zero-order valence-corrected chi connectivity index (χ0v) is 11.3. The molecule has 1 aliphatic heterocycles. The van der Waals surface area contributed by atoms with Crippen molar-refractivity contribution in [2.45, 2.75) is 39.0 Å². The van der Waals surface area contributed by atoms with Gasteiger partial charge >= 0.3 is 6.55 Å². The molecule has 1 fully saturated rings. The Balaban J connectivity index is 0.00000162. The van der Waals surface area contributed by atoms with Gasteiger partial charge in [-0.2, -0.15) is 8.78 Å². The fourth-order valence-electron chi connectivity index (χ4n) is 2.14. The first kappa shape index (κ1) is 15.3. The van der Waals surface area contributed by atoms with E-state index in [0.717, 1.165) is 17.7 Å². The van der Waals surface area contributed by atoms with Gasteiger partial charge in [0.2, 0.25) is 0 Å². The molecule has 7 heteroatoms. The summed E-state index contributed by atoms with van der Waals surface area (Å²) in [5.74, 6) is 0.431. The van der Waals surface area contributed by atoms with Crippen molar-refractivity contribution >= 4 is 12.4 Å². The van der Waals surface area contributed by atoms with Crippen molar-refractivity contribution in [3.63, 3.8) is 0 Å². The van der Waals surface area contributed by atoms with Gasteiger partial charge in [0.1, 0.15) is 5.82 Å². The molecule has 1 aromatic heterocycles. The predicted molar refractivity (Wildman–Crippen MR) is 68.1 cm³/mol. The molecule has 104 valence electrons. The third kappa shape index (κ3) is 3.40. The number of rotatable bonds is 3. The van der Waals surface area contributed by atoms with Crippen molar-refractivity contribution in [2.75, 3.05) is 13.1 Å². The average Bonchev–Trinajstić information content (AvgIpc) is 2.71. The van der Waals surface area contributed by atoms with Crippen LogP contribution in [0, 0.1) is 0 Å². The van der Waals surface area contributed by atoms with Gasteiger partial charge in [0.15, 0.2) is 0 Å². The van der Waals surface area contributed by atoms with Gasteiger partial charge in [0, 0.05) is 37.6 Å². The van der Waals surface area contributed by atoms with Crippen molar-refractivity contribution in [1.82, 2.24) is 19.8 Å². The van der Waals surface area contributed by atoms with Crippen LogP contribution in [0.25, 0.3) is 0 Å². The lowest BCUT2D eigenvalue weighted by atomic mass is 10.1. The average molecular weight is 281 g/mol. The van der Waals surface area contributed by atoms with Crippen LogP contribution >= 0.6 is 12.4 Å². The molecule has 1 saturated heterocycles. The zero-order valence-electron chi connectivity index (χ0n) is 10.5. The molecule has 0 radical (unpaired) electrons. The largest absolute Gasteiger partial charge is 0.319 e. The first-order valence-corrected chi connectivity index (χ1v) is 5.85. The summed E-state index contributed by atoms with van der Waals surface area (Å²) < 4.78 is 26.3. The topological polar surface area (TPSA) is 33.1 Å². The van der Waals surface area contributed by atoms with Gasteiger partial charge in [-0.05, 0) is 13.8 Å². The lowest BCUT2D eigenvalue weighted by molar-refractivity contribution is 0.0597. The van der Waals surface area contributed by atoms with E-state index in [2.05, 4.69) is 29.0 Å². The van der Waals surface area contributed by atoms with Crippen LogP contribution in [0.4, 0.5) is 8.78 Å². The number of nitrogens with one attached hydrogen (secondary N) is 1. The summed E-state index contributed by atoms with van der Waals surface area (Å²) in [6, 6.07) is 0.732. The molecule has 2 heterocycles. The molecule has 0 aromatic carbocycles. The molecule has 18 heavy (non-hydrogen) atoms. The Hall–Kier alpha value is -0.720. The van der Waals surface area contributed by atoms with E-state index in [0.29, 0.717) is 24.5 Å². The molecule has 2 unspecified atom stereocenters. The highest BCUT2D eigenvalue weighted by molar-refractivity contribution is 5.85. The van der Waals surface area contributed by atoms with Crippen molar-refractivity contribution < 1.29 is 8.78 Å². The summed E-state index contributed by atoms with van der Waals surface area (Å²) in [5.41, 5.74) is 0. The third-order valence-electron chi connectivity index (χ3n) is 3.20. The molecule has 0 bridgehead atoms. The maximum atomic E-state index is 12.7. The predicted octanol–water partition coefficient (Wildman–Crippen LogP) is 1.88. The first-order chi connectivity index (χ1) is 8.08. The van der Waals surface area contributed by atoms with E-state index in [-0.39, 0.29) is 12.4 Å². The number of nitrogens with zero attached hydrogens (tertiary/aromatic N) is 3. The second-order valence-corrected chi connectivity index (χ2v) is 4.62. The maximum absolute atomic E-state index is 12.7. The van der Waals surface area contributed by atoms with E-state index in [9.17, 15) is 8.78 Å². The van der Waals surface area contributed by atoms with Crippen LogP contribution in [0.3, 0.4) is 0 Å². The van der Waals surface area contributed by atoms with Crippen LogP contribution in [0.5, 0.6) is 0 Å². The minimum absolute atomic E-state index is 0. The summed E-state index contributed by atoms with van der Waals surface area (Å²) in [7, 11) is 0. The summed E-state index contributed by atoms with van der Waals surface area (Å²) in [5, 5.41) is 3.36.